The van der Waals surface area contributed by atoms with E-state index < -0.39 is 18.1 Å². The Morgan fingerprint density at radius 1 is 1.44 bits per heavy atom. The number of nitrogens with one attached hydrogen (secondary N) is 2. The maximum atomic E-state index is 11.4. The molecule has 0 heterocycles. The van der Waals surface area contributed by atoms with E-state index in [1.165, 1.54) is 13.0 Å². The smallest absolute Gasteiger partial charge is 0.319 e. The summed E-state index contributed by atoms with van der Waals surface area (Å²) in [5, 5.41) is 14.1. The largest absolute Gasteiger partial charge is 0.427 e. The molecule has 1 aromatic rings. The summed E-state index contributed by atoms with van der Waals surface area (Å²) in [6, 6.07) is 6.03. The number of urea groups is 1. The van der Waals surface area contributed by atoms with Crippen molar-refractivity contribution in [3.8, 4) is 5.75 Å². The second-order valence-electron chi connectivity index (χ2n) is 3.81. The van der Waals surface area contributed by atoms with Crippen LogP contribution in [0.25, 0.3) is 0 Å². The van der Waals surface area contributed by atoms with Crippen LogP contribution in [-0.4, -0.2) is 29.8 Å². The summed E-state index contributed by atoms with van der Waals surface area (Å²) in [7, 11) is 0. The molecule has 98 valence electrons. The van der Waals surface area contributed by atoms with Crippen LogP contribution in [0.3, 0.4) is 0 Å². The van der Waals surface area contributed by atoms with Gasteiger partial charge in [0.2, 0.25) is 0 Å². The molecule has 0 bridgehead atoms. The van der Waals surface area contributed by atoms with Gasteiger partial charge in [-0.25, -0.2) is 4.79 Å². The van der Waals surface area contributed by atoms with Crippen LogP contribution in [0.15, 0.2) is 24.3 Å². The number of ether oxygens (including phenoxy) is 1. The molecule has 0 aliphatic carbocycles. The fourth-order valence-corrected chi connectivity index (χ4v) is 1.22. The number of carbonyl (C=O) groups excluding carboxylic acids is 2. The Balaban J connectivity index is 2.56. The van der Waals surface area contributed by atoms with Crippen molar-refractivity contribution in [1.82, 2.24) is 5.32 Å². The molecule has 0 fully saturated rings. The molecule has 2 amide bonds. The first-order chi connectivity index (χ1) is 8.47. The first-order valence-electron chi connectivity index (χ1n) is 5.49. The predicted octanol–water partition coefficient (Wildman–Crippen LogP) is 1.11. The number of carbonyl (C=O) groups is 2. The zero-order valence-corrected chi connectivity index (χ0v) is 10.3. The molecule has 0 aliphatic heterocycles. The van der Waals surface area contributed by atoms with Gasteiger partial charge in [-0.3, -0.25) is 4.79 Å². The van der Waals surface area contributed by atoms with Crippen LogP contribution in [0.2, 0.25) is 0 Å². The lowest BCUT2D eigenvalue weighted by Crippen LogP contribution is -2.34. The number of rotatable bonds is 4. The van der Waals surface area contributed by atoms with Gasteiger partial charge in [0, 0.05) is 25.2 Å². The highest BCUT2D eigenvalue weighted by Crippen LogP contribution is 2.17. The summed E-state index contributed by atoms with van der Waals surface area (Å²) >= 11 is 0. The minimum atomic E-state index is -0.608. The number of hydrogen-bond acceptors (Lipinski definition) is 4. The molecule has 1 rings (SSSR count). The van der Waals surface area contributed by atoms with Gasteiger partial charge in [0.25, 0.3) is 0 Å². The van der Waals surface area contributed by atoms with Crippen molar-refractivity contribution < 1.29 is 19.4 Å². The Morgan fingerprint density at radius 2 is 2.17 bits per heavy atom. The maximum absolute atomic E-state index is 11.4. The maximum Gasteiger partial charge on any atom is 0.319 e. The van der Waals surface area contributed by atoms with E-state index in [9.17, 15) is 9.59 Å². The third-order valence-electron chi connectivity index (χ3n) is 1.91. The van der Waals surface area contributed by atoms with Crippen LogP contribution in [0, 0.1) is 0 Å². The van der Waals surface area contributed by atoms with E-state index in [2.05, 4.69) is 10.6 Å². The molecule has 0 aliphatic rings. The summed E-state index contributed by atoms with van der Waals surface area (Å²) in [4.78, 5) is 22.2. The quantitative estimate of drug-likeness (QED) is 0.553. The Labute approximate surface area is 105 Å². The molecule has 0 saturated heterocycles. The van der Waals surface area contributed by atoms with Gasteiger partial charge in [-0.1, -0.05) is 6.07 Å². The zero-order valence-electron chi connectivity index (χ0n) is 10.3. The van der Waals surface area contributed by atoms with Crippen molar-refractivity contribution in [3.05, 3.63) is 24.3 Å². The molecule has 3 N–H and O–H groups in total. The summed E-state index contributed by atoms with van der Waals surface area (Å²) in [5.74, 6) is -0.0680. The van der Waals surface area contributed by atoms with E-state index in [0.717, 1.165) is 0 Å². The van der Waals surface area contributed by atoms with Crippen molar-refractivity contribution in [3.63, 3.8) is 0 Å². The minimum absolute atomic E-state index is 0.162. The molecule has 6 heteroatoms. The summed E-state index contributed by atoms with van der Waals surface area (Å²) in [6.07, 6.45) is -0.608. The van der Waals surface area contributed by atoms with Gasteiger partial charge < -0.3 is 20.5 Å². The Hall–Kier alpha value is -2.08. The highest BCUT2D eigenvalue weighted by Gasteiger charge is 2.04. The van der Waals surface area contributed by atoms with Gasteiger partial charge in [-0.15, -0.1) is 0 Å². The van der Waals surface area contributed by atoms with E-state index >= 15 is 0 Å². The molecule has 0 spiro atoms. The summed E-state index contributed by atoms with van der Waals surface area (Å²) in [6.45, 7) is 3.03. The van der Waals surface area contributed by atoms with Crippen LogP contribution in [0.4, 0.5) is 10.5 Å². The Kier molecular flexibility index (Phi) is 5.13. The lowest BCUT2D eigenvalue weighted by molar-refractivity contribution is -0.131. The zero-order chi connectivity index (χ0) is 13.5. The van der Waals surface area contributed by atoms with Gasteiger partial charge in [0.1, 0.15) is 5.75 Å². The number of hydrogen-bond donors (Lipinski definition) is 3. The van der Waals surface area contributed by atoms with E-state index in [1.54, 1.807) is 25.1 Å². The molecule has 1 unspecified atom stereocenters. The predicted molar refractivity (Wildman–Crippen MR) is 66.5 cm³/mol. The fraction of sp³-hybridized carbons (Fsp3) is 0.333. The second-order valence-corrected chi connectivity index (χ2v) is 3.81. The van der Waals surface area contributed by atoms with Gasteiger partial charge in [-0.2, -0.15) is 0 Å². The SMILES string of the molecule is CC(=O)Oc1cccc(NC(=O)NCC(C)O)c1. The molecule has 6 nitrogen and oxygen atoms in total. The molecule has 1 aromatic carbocycles. The Bertz CT molecular complexity index is 432. The van der Waals surface area contributed by atoms with Gasteiger partial charge in [-0.05, 0) is 19.1 Å². The average Bonchev–Trinajstić information content (AvgIpc) is 2.26. The second kappa shape index (κ2) is 6.61. The Morgan fingerprint density at radius 3 is 2.78 bits per heavy atom. The third kappa shape index (κ3) is 5.31. The van der Waals surface area contributed by atoms with Crippen LogP contribution in [-0.2, 0) is 4.79 Å². The van der Waals surface area contributed by atoms with Crippen molar-refractivity contribution in [1.29, 1.82) is 0 Å². The molecular weight excluding hydrogens is 236 g/mol. The van der Waals surface area contributed by atoms with Gasteiger partial charge >= 0.3 is 12.0 Å². The standard InChI is InChI=1S/C12H16N2O4/c1-8(15)7-13-12(17)14-10-4-3-5-11(6-10)18-9(2)16/h3-6,8,15H,7H2,1-2H3,(H2,13,14,17). The van der Waals surface area contributed by atoms with Crippen LogP contribution in [0.5, 0.6) is 5.75 Å². The van der Waals surface area contributed by atoms with Crippen molar-refractivity contribution in [2.75, 3.05) is 11.9 Å². The van der Waals surface area contributed by atoms with Crippen molar-refractivity contribution in [2.24, 2.45) is 0 Å². The van der Waals surface area contributed by atoms with E-state index in [1.807, 2.05) is 0 Å². The summed E-state index contributed by atoms with van der Waals surface area (Å²) < 4.78 is 4.88. The molecule has 0 radical (unpaired) electrons. The van der Waals surface area contributed by atoms with E-state index in [-0.39, 0.29) is 6.54 Å². The van der Waals surface area contributed by atoms with Crippen molar-refractivity contribution >= 4 is 17.7 Å². The average molecular weight is 252 g/mol. The molecular formula is C12H16N2O4. The van der Waals surface area contributed by atoms with Crippen LogP contribution >= 0.6 is 0 Å². The van der Waals surface area contributed by atoms with Crippen LogP contribution < -0.4 is 15.4 Å². The highest BCUT2D eigenvalue weighted by atomic mass is 16.5. The molecule has 18 heavy (non-hydrogen) atoms. The molecule has 1 atom stereocenters. The number of aliphatic hydroxyl groups is 1. The highest BCUT2D eigenvalue weighted by molar-refractivity contribution is 5.89. The van der Waals surface area contributed by atoms with E-state index in [4.69, 9.17) is 9.84 Å². The first kappa shape index (κ1) is 14.0. The first-order valence-corrected chi connectivity index (χ1v) is 5.49. The van der Waals surface area contributed by atoms with E-state index in [0.29, 0.717) is 11.4 Å². The molecule has 0 aromatic heterocycles. The fourth-order valence-electron chi connectivity index (χ4n) is 1.22. The molecule has 0 saturated carbocycles. The number of amides is 2. The monoisotopic (exact) mass is 252 g/mol. The number of anilines is 1. The van der Waals surface area contributed by atoms with Gasteiger partial charge in [0.15, 0.2) is 0 Å². The lowest BCUT2D eigenvalue weighted by atomic mass is 10.3. The van der Waals surface area contributed by atoms with Gasteiger partial charge in [0.05, 0.1) is 6.10 Å². The third-order valence-corrected chi connectivity index (χ3v) is 1.91. The lowest BCUT2D eigenvalue weighted by Gasteiger charge is -2.09. The summed E-state index contributed by atoms with van der Waals surface area (Å²) in [5.41, 5.74) is 0.497. The number of benzene rings is 1. The minimum Gasteiger partial charge on any atom is -0.427 e. The van der Waals surface area contributed by atoms with Crippen molar-refractivity contribution in [2.45, 2.75) is 20.0 Å². The van der Waals surface area contributed by atoms with Crippen LogP contribution in [0.1, 0.15) is 13.8 Å². The topological polar surface area (TPSA) is 87.7 Å². The number of aliphatic hydroxyl groups excluding tert-OH is 1. The number of esters is 1. The normalized spacial score (nSPS) is 11.5.